The van der Waals surface area contributed by atoms with Gasteiger partial charge in [-0.3, -0.25) is 4.90 Å². The van der Waals surface area contributed by atoms with E-state index < -0.39 is 23.9 Å². The summed E-state index contributed by atoms with van der Waals surface area (Å²) in [5.41, 5.74) is -0.877. The molecule has 1 saturated heterocycles. The van der Waals surface area contributed by atoms with E-state index in [1.165, 1.54) is 23.2 Å². The molecule has 2 unspecified atom stereocenters. The van der Waals surface area contributed by atoms with E-state index in [0.29, 0.717) is 5.82 Å². The monoisotopic (exact) mass is 408 g/mol. The van der Waals surface area contributed by atoms with Crippen molar-refractivity contribution in [2.24, 2.45) is 5.41 Å². The second-order valence-corrected chi connectivity index (χ2v) is 8.02. The summed E-state index contributed by atoms with van der Waals surface area (Å²) >= 11 is 0. The summed E-state index contributed by atoms with van der Waals surface area (Å²) in [5.74, 6) is 0.459. The normalized spacial score (nSPS) is 18.5. The van der Waals surface area contributed by atoms with Crippen LogP contribution in [0.4, 0.5) is 29.7 Å². The fourth-order valence-electron chi connectivity index (χ4n) is 3.27. The molecule has 0 aliphatic carbocycles. The van der Waals surface area contributed by atoms with Gasteiger partial charge in [-0.25, -0.2) is 9.78 Å². The van der Waals surface area contributed by atoms with Crippen molar-refractivity contribution in [3.63, 3.8) is 0 Å². The number of nitrogens with one attached hydrogen (secondary N) is 1. The lowest BCUT2D eigenvalue weighted by Gasteiger charge is -2.31. The van der Waals surface area contributed by atoms with Crippen LogP contribution in [0.15, 0.2) is 36.5 Å². The molecule has 0 saturated carbocycles. The molecule has 2 aromatic rings. The smallest absolute Gasteiger partial charge is 0.416 e. The third kappa shape index (κ3) is 4.44. The van der Waals surface area contributed by atoms with Gasteiger partial charge in [0.1, 0.15) is 12.4 Å². The predicted octanol–water partition coefficient (Wildman–Crippen LogP) is 5.04. The van der Waals surface area contributed by atoms with Gasteiger partial charge in [0.15, 0.2) is 0 Å². The molecule has 0 bridgehead atoms. The van der Waals surface area contributed by atoms with E-state index in [2.05, 4.69) is 15.3 Å². The molecule has 2 heterocycles. The topological polar surface area (TPSA) is 67.4 Å². The van der Waals surface area contributed by atoms with Crippen molar-refractivity contribution in [2.75, 3.05) is 16.8 Å². The van der Waals surface area contributed by atoms with Gasteiger partial charge >= 0.3 is 12.3 Å². The lowest BCUT2D eigenvalue weighted by molar-refractivity contribution is -0.138. The van der Waals surface area contributed by atoms with Crippen LogP contribution < -0.4 is 10.2 Å². The van der Waals surface area contributed by atoms with Crippen LogP contribution in [0.3, 0.4) is 0 Å². The third-order valence-corrected chi connectivity index (χ3v) is 4.84. The lowest BCUT2D eigenvalue weighted by atomic mass is 9.87. The molecule has 6 nitrogen and oxygen atoms in total. The number of aromatic nitrogens is 2. The predicted molar refractivity (Wildman–Crippen MR) is 103 cm³/mol. The minimum atomic E-state index is -4.46. The van der Waals surface area contributed by atoms with E-state index in [-0.39, 0.29) is 29.6 Å². The summed E-state index contributed by atoms with van der Waals surface area (Å²) in [6.45, 7) is 7.81. The van der Waals surface area contributed by atoms with Crippen molar-refractivity contribution in [1.29, 1.82) is 0 Å². The highest BCUT2D eigenvalue weighted by molar-refractivity contribution is 5.89. The van der Waals surface area contributed by atoms with E-state index in [0.717, 1.165) is 6.07 Å². The van der Waals surface area contributed by atoms with Crippen LogP contribution in [0.2, 0.25) is 0 Å². The van der Waals surface area contributed by atoms with Gasteiger partial charge < -0.3 is 10.1 Å². The molecule has 1 aromatic carbocycles. The van der Waals surface area contributed by atoms with Crippen molar-refractivity contribution in [3.05, 3.63) is 47.7 Å². The maximum Gasteiger partial charge on any atom is 0.416 e. The second-order valence-electron chi connectivity index (χ2n) is 8.02. The van der Waals surface area contributed by atoms with Crippen LogP contribution in [-0.2, 0) is 10.9 Å². The molecular weight excluding hydrogens is 385 g/mol. The average Bonchev–Trinajstić information content (AvgIpc) is 3.03. The number of amides is 1. The molecule has 1 aliphatic heterocycles. The molecule has 9 heteroatoms. The maximum atomic E-state index is 13.3. The van der Waals surface area contributed by atoms with Crippen molar-refractivity contribution in [2.45, 2.75) is 46.0 Å². The van der Waals surface area contributed by atoms with Crippen LogP contribution >= 0.6 is 0 Å². The molecule has 1 amide bonds. The maximum absolute atomic E-state index is 13.3. The molecule has 1 aromatic heterocycles. The Morgan fingerprint density at radius 1 is 1.21 bits per heavy atom. The molecule has 2 atom stereocenters. The molecule has 0 spiro atoms. The van der Waals surface area contributed by atoms with Gasteiger partial charge in [-0.1, -0.05) is 39.0 Å². The van der Waals surface area contributed by atoms with Crippen molar-refractivity contribution in [3.8, 4) is 0 Å². The quantitative estimate of drug-likeness (QED) is 0.768. The molecule has 156 valence electrons. The molecule has 0 radical (unpaired) electrons. The van der Waals surface area contributed by atoms with Gasteiger partial charge in [0, 0.05) is 6.20 Å². The van der Waals surface area contributed by atoms with Gasteiger partial charge in [-0.05, 0) is 30.0 Å². The van der Waals surface area contributed by atoms with Crippen LogP contribution in [0.25, 0.3) is 0 Å². The molecule has 1 aliphatic rings. The van der Waals surface area contributed by atoms with E-state index in [1.54, 1.807) is 19.1 Å². The number of cyclic esters (lactones) is 1. The standard InChI is InChI=1S/C20H23F3N4O2/c1-12(13-7-5-6-8-14(13)20(21,22)23)25-17-24-10-9-16(26-17)27-15(19(2,3)4)11-29-18(27)28/h5-10,12,15H,11H2,1-4H3,(H,24,25,26). The molecule has 1 N–H and O–H groups in total. The highest BCUT2D eigenvalue weighted by Gasteiger charge is 2.42. The molecule has 3 rings (SSSR count). The third-order valence-electron chi connectivity index (χ3n) is 4.84. The first-order valence-corrected chi connectivity index (χ1v) is 9.20. The minimum absolute atomic E-state index is 0.0853. The fourth-order valence-corrected chi connectivity index (χ4v) is 3.27. The Kier molecular flexibility index (Phi) is 5.42. The van der Waals surface area contributed by atoms with Gasteiger partial charge in [-0.15, -0.1) is 0 Å². The highest BCUT2D eigenvalue weighted by Crippen LogP contribution is 2.36. The Hall–Kier alpha value is -2.84. The summed E-state index contributed by atoms with van der Waals surface area (Å²) < 4.78 is 45.1. The first-order valence-electron chi connectivity index (χ1n) is 9.20. The summed E-state index contributed by atoms with van der Waals surface area (Å²) in [4.78, 5) is 22.1. The fraction of sp³-hybridized carbons (Fsp3) is 0.450. The van der Waals surface area contributed by atoms with Gasteiger partial charge in [0.05, 0.1) is 17.6 Å². The lowest BCUT2D eigenvalue weighted by Crippen LogP contribution is -2.43. The van der Waals surface area contributed by atoms with Crippen molar-refractivity contribution in [1.82, 2.24) is 9.97 Å². The van der Waals surface area contributed by atoms with Crippen molar-refractivity contribution >= 4 is 17.9 Å². The van der Waals surface area contributed by atoms with E-state index in [9.17, 15) is 18.0 Å². The van der Waals surface area contributed by atoms with E-state index >= 15 is 0 Å². The van der Waals surface area contributed by atoms with Gasteiger partial charge in [0.2, 0.25) is 5.95 Å². The summed E-state index contributed by atoms with van der Waals surface area (Å²) in [6, 6.07) is 6.01. The molecular formula is C20H23F3N4O2. The van der Waals surface area contributed by atoms with Crippen molar-refractivity contribution < 1.29 is 22.7 Å². The Labute approximate surface area is 167 Å². The molecule has 29 heavy (non-hydrogen) atoms. The largest absolute Gasteiger partial charge is 0.447 e. The first-order chi connectivity index (χ1) is 13.5. The van der Waals surface area contributed by atoms with Crippen LogP contribution in [0.1, 0.15) is 44.9 Å². The number of carbonyl (C=O) groups is 1. The second kappa shape index (κ2) is 7.53. The minimum Gasteiger partial charge on any atom is -0.447 e. The number of anilines is 2. The number of benzene rings is 1. The number of rotatable bonds is 4. The number of ether oxygens (including phenoxy) is 1. The van der Waals surface area contributed by atoms with E-state index in [1.807, 2.05) is 20.8 Å². The number of carbonyl (C=O) groups excluding carboxylic acids is 1. The Bertz CT molecular complexity index is 896. The Balaban J connectivity index is 1.87. The van der Waals surface area contributed by atoms with Gasteiger partial charge in [-0.2, -0.15) is 18.2 Å². The highest BCUT2D eigenvalue weighted by atomic mass is 19.4. The number of hydrogen-bond acceptors (Lipinski definition) is 5. The number of hydrogen-bond donors (Lipinski definition) is 1. The summed E-state index contributed by atoms with van der Waals surface area (Å²) in [5, 5.41) is 2.90. The van der Waals surface area contributed by atoms with Crippen LogP contribution in [0, 0.1) is 5.41 Å². The zero-order chi connectivity index (χ0) is 21.4. The molecule has 1 fully saturated rings. The Morgan fingerprint density at radius 3 is 2.55 bits per heavy atom. The number of alkyl halides is 3. The number of halogens is 3. The Morgan fingerprint density at radius 2 is 1.90 bits per heavy atom. The summed E-state index contributed by atoms with van der Waals surface area (Å²) in [6.07, 6.45) is -3.52. The van der Waals surface area contributed by atoms with E-state index in [4.69, 9.17) is 4.74 Å². The van der Waals surface area contributed by atoms with Crippen LogP contribution in [0.5, 0.6) is 0 Å². The first kappa shape index (κ1) is 20.9. The van der Waals surface area contributed by atoms with Gasteiger partial charge in [0.25, 0.3) is 0 Å². The SMILES string of the molecule is CC(Nc1nccc(N2C(=O)OCC2C(C)(C)C)n1)c1ccccc1C(F)(F)F. The average molecular weight is 408 g/mol. The summed E-state index contributed by atoms with van der Waals surface area (Å²) in [7, 11) is 0. The van der Waals surface area contributed by atoms with Crippen LogP contribution in [-0.4, -0.2) is 28.7 Å². The number of nitrogens with zero attached hydrogens (tertiary/aromatic N) is 3. The zero-order valence-corrected chi connectivity index (χ0v) is 16.6. The zero-order valence-electron chi connectivity index (χ0n) is 16.6.